The first-order chi connectivity index (χ1) is 30.7. The van der Waals surface area contributed by atoms with E-state index in [0.29, 0.717) is 33.7 Å². The maximum absolute atomic E-state index is 13.8. The highest BCUT2D eigenvalue weighted by molar-refractivity contribution is 7.17. The molecule has 3 N–H and O–H groups in total. The molecule has 64 heavy (non-hydrogen) atoms. The summed E-state index contributed by atoms with van der Waals surface area (Å²) < 4.78 is 0. The third-order valence-corrected chi connectivity index (χ3v) is 15.6. The van der Waals surface area contributed by atoms with Crippen LogP contribution in [0.4, 0.5) is 10.7 Å². The second kappa shape index (κ2) is 17.4. The SMILES string of the molecule is CC(=N)N1C(=N)[C@H](C)N=C(c2ccc(CC(=O)N3CCC4(CCN(c5ccc(C6=C(c7ccc(Cl)cc7Cl)CCCc7cc(C(=O)O)ccc76)cc5)CC4)C3)cc2)c2c1sc(C)c2C. The van der Waals surface area contributed by atoms with Crippen LogP contribution < -0.4 is 9.80 Å². The zero-order chi connectivity index (χ0) is 45.0. The number of piperidine rings is 1. The van der Waals surface area contributed by atoms with Gasteiger partial charge in [-0.05, 0) is 153 Å². The van der Waals surface area contributed by atoms with Gasteiger partial charge in [0.2, 0.25) is 5.91 Å². The zero-order valence-corrected chi connectivity index (χ0v) is 39.0. The number of carboxylic acids is 1. The van der Waals surface area contributed by atoms with E-state index in [1.54, 1.807) is 35.3 Å². The molecule has 2 fully saturated rings. The van der Waals surface area contributed by atoms with E-state index in [4.69, 9.17) is 39.0 Å². The van der Waals surface area contributed by atoms with Crippen LogP contribution >= 0.6 is 34.5 Å². The first-order valence-corrected chi connectivity index (χ1v) is 23.7. The lowest BCUT2D eigenvalue weighted by Gasteiger charge is -2.40. The molecule has 4 aliphatic rings. The maximum atomic E-state index is 13.8. The smallest absolute Gasteiger partial charge is 0.335 e. The van der Waals surface area contributed by atoms with Gasteiger partial charge in [0, 0.05) is 57.9 Å². The van der Waals surface area contributed by atoms with Crippen LogP contribution in [0.25, 0.3) is 11.1 Å². The number of fused-ring (bicyclic) bond motifs is 2. The Labute approximate surface area is 389 Å². The second-order valence-corrected chi connectivity index (χ2v) is 20.0. The van der Waals surface area contributed by atoms with Crippen molar-refractivity contribution in [3.63, 3.8) is 0 Å². The highest BCUT2D eigenvalue weighted by Crippen LogP contribution is 2.45. The molecule has 0 unspecified atom stereocenters. The van der Waals surface area contributed by atoms with Crippen LogP contribution in [0.1, 0.15) is 106 Å². The highest BCUT2D eigenvalue weighted by Gasteiger charge is 2.42. The number of carbonyl (C=O) groups is 2. The number of aryl methyl sites for hydroxylation is 2. The fraction of sp³-hybridized carbons (Fsp3) is 0.327. The number of halogens is 2. The van der Waals surface area contributed by atoms with Gasteiger partial charge in [0.1, 0.15) is 22.7 Å². The van der Waals surface area contributed by atoms with Crippen LogP contribution in [-0.4, -0.2) is 71.5 Å². The largest absolute Gasteiger partial charge is 0.478 e. The van der Waals surface area contributed by atoms with E-state index in [9.17, 15) is 14.7 Å². The Morgan fingerprint density at radius 1 is 0.891 bits per heavy atom. The summed E-state index contributed by atoms with van der Waals surface area (Å²) in [6.45, 7) is 11.2. The van der Waals surface area contributed by atoms with Crippen LogP contribution in [-0.2, 0) is 17.6 Å². The van der Waals surface area contributed by atoms with Crippen molar-refractivity contribution in [1.29, 1.82) is 10.8 Å². The molecule has 0 radical (unpaired) electrons. The molecule has 9 nitrogen and oxygen atoms in total. The summed E-state index contributed by atoms with van der Waals surface area (Å²) in [4.78, 5) is 38.1. The van der Waals surface area contributed by atoms with E-state index in [1.807, 2.05) is 55.5 Å². The average molecular weight is 912 g/mol. The monoisotopic (exact) mass is 910 g/mol. The number of thiophene rings is 1. The average Bonchev–Trinajstić information content (AvgIpc) is 3.71. The number of nitrogens with zero attached hydrogens (tertiary/aromatic N) is 4. The number of carbonyl (C=O) groups excluding carboxylic acids is 1. The van der Waals surface area contributed by atoms with E-state index in [1.165, 1.54) is 5.69 Å². The van der Waals surface area contributed by atoms with E-state index in [0.717, 1.165) is 136 Å². The predicted molar refractivity (Wildman–Crippen MR) is 263 cm³/mol. The van der Waals surface area contributed by atoms with Gasteiger partial charge >= 0.3 is 5.97 Å². The summed E-state index contributed by atoms with van der Waals surface area (Å²) in [7, 11) is 0. The molecule has 12 heteroatoms. The van der Waals surface area contributed by atoms with Crippen molar-refractivity contribution in [3.05, 3.63) is 150 Å². The molecule has 5 aromatic rings. The van der Waals surface area contributed by atoms with Gasteiger partial charge in [0.15, 0.2) is 0 Å². The molecule has 3 aliphatic heterocycles. The predicted octanol–water partition coefficient (Wildman–Crippen LogP) is 11.7. The van der Waals surface area contributed by atoms with Gasteiger partial charge in [-0.15, -0.1) is 11.3 Å². The quantitative estimate of drug-likeness (QED) is 0.111. The topological polar surface area (TPSA) is 124 Å². The molecule has 9 rings (SSSR count). The van der Waals surface area contributed by atoms with Crippen molar-refractivity contribution in [2.24, 2.45) is 10.4 Å². The zero-order valence-electron chi connectivity index (χ0n) is 36.7. The molecular formula is C52H52Cl2N6O3S. The number of likely N-dealkylation sites (tertiary alicyclic amines) is 1. The summed E-state index contributed by atoms with van der Waals surface area (Å²) in [5.74, 6) is -0.171. The van der Waals surface area contributed by atoms with E-state index >= 15 is 0 Å². The van der Waals surface area contributed by atoms with Crippen LogP contribution in [0.5, 0.6) is 0 Å². The minimum absolute atomic E-state index is 0.116. The summed E-state index contributed by atoms with van der Waals surface area (Å²) in [6.07, 6.45) is 5.83. The van der Waals surface area contributed by atoms with Gasteiger partial charge in [-0.2, -0.15) is 0 Å². The molecule has 0 bridgehead atoms. The van der Waals surface area contributed by atoms with Crippen molar-refractivity contribution < 1.29 is 14.7 Å². The lowest BCUT2D eigenvalue weighted by atomic mass is 9.77. The standard InChI is InChI=1S/C52H52Cl2N6O3S/c1-30-32(3)64-50-46(30)48(57-31(2)49(56)60(50)33(4)55)36-10-8-34(9-11-36)26-45(61)59-25-22-52(29-59)20-23-58(24-21-52)40-16-12-35(13-17-40)47-41-18-14-38(51(62)63)27-37(41)6-5-7-43(47)42-19-15-39(53)28-44(42)54/h8-19,27-28,31,55-56H,5-7,20-26,29H2,1-4H3,(H,62,63)/t31-/m0/s1. The van der Waals surface area contributed by atoms with E-state index < -0.39 is 12.0 Å². The summed E-state index contributed by atoms with van der Waals surface area (Å²) in [6, 6.07) is 27.6. The molecule has 1 aliphatic carbocycles. The molecule has 2 saturated heterocycles. The Hall–Kier alpha value is -5.55. The molecule has 1 atom stereocenters. The van der Waals surface area contributed by atoms with Crippen LogP contribution in [0.3, 0.4) is 0 Å². The molecule has 328 valence electrons. The molecule has 4 aromatic carbocycles. The van der Waals surface area contributed by atoms with Gasteiger partial charge < -0.3 is 14.9 Å². The number of aromatic carboxylic acids is 1. The Balaban J connectivity index is 0.870. The van der Waals surface area contributed by atoms with Crippen LogP contribution in [0.2, 0.25) is 10.0 Å². The van der Waals surface area contributed by atoms with Gasteiger partial charge in [-0.1, -0.05) is 71.7 Å². The first-order valence-electron chi connectivity index (χ1n) is 22.1. The molecule has 4 heterocycles. The van der Waals surface area contributed by atoms with Crippen LogP contribution in [0.15, 0.2) is 89.9 Å². The third-order valence-electron chi connectivity index (χ3n) is 13.9. The van der Waals surface area contributed by atoms with Crippen LogP contribution in [0, 0.1) is 30.1 Å². The normalized spacial score (nSPS) is 18.4. The number of allylic oxidation sites excluding steroid dienone is 1. The molecule has 1 aromatic heterocycles. The Morgan fingerprint density at radius 3 is 2.27 bits per heavy atom. The second-order valence-electron chi connectivity index (χ2n) is 17.9. The Morgan fingerprint density at radius 2 is 1.58 bits per heavy atom. The number of amidine groups is 2. The van der Waals surface area contributed by atoms with Crippen molar-refractivity contribution in [1.82, 2.24) is 4.90 Å². The minimum atomic E-state index is -0.929. The van der Waals surface area contributed by atoms with Gasteiger partial charge in [0.25, 0.3) is 0 Å². The Kier molecular flexibility index (Phi) is 11.9. The number of amides is 1. The molecule has 0 saturated carbocycles. The number of rotatable bonds is 7. The maximum Gasteiger partial charge on any atom is 0.335 e. The van der Waals surface area contributed by atoms with Gasteiger partial charge in [-0.3, -0.25) is 25.5 Å². The highest BCUT2D eigenvalue weighted by atomic mass is 35.5. The molecular weight excluding hydrogens is 860 g/mol. The third kappa shape index (κ3) is 8.20. The first kappa shape index (κ1) is 43.7. The van der Waals surface area contributed by atoms with E-state index in [2.05, 4.69) is 47.9 Å². The summed E-state index contributed by atoms with van der Waals surface area (Å²) >= 11 is 14.8. The van der Waals surface area contributed by atoms with Crippen molar-refractivity contribution in [3.8, 4) is 0 Å². The van der Waals surface area contributed by atoms with Crippen molar-refractivity contribution >= 4 is 85.6 Å². The fourth-order valence-electron chi connectivity index (χ4n) is 10.2. The number of carboxylic acid groups (broad SMARTS) is 1. The summed E-state index contributed by atoms with van der Waals surface area (Å²) in [5.41, 5.74) is 12.7. The lowest BCUT2D eigenvalue weighted by molar-refractivity contribution is -0.129. The number of hydrogen-bond donors (Lipinski definition) is 3. The molecule has 1 spiro atoms. The Bertz CT molecular complexity index is 2780. The molecule has 1 amide bonds. The van der Waals surface area contributed by atoms with Crippen molar-refractivity contribution in [2.75, 3.05) is 36.0 Å². The number of hydrogen-bond acceptors (Lipinski definition) is 7. The fourth-order valence-corrected chi connectivity index (χ4v) is 11.9. The van der Waals surface area contributed by atoms with Gasteiger partial charge in [-0.25, -0.2) is 4.79 Å². The van der Waals surface area contributed by atoms with E-state index in [-0.39, 0.29) is 11.3 Å². The lowest BCUT2D eigenvalue weighted by Crippen LogP contribution is -2.42. The number of benzene rings is 4. The minimum Gasteiger partial charge on any atom is -0.478 e. The number of anilines is 2. The number of aliphatic imine (C=N–C) groups is 1. The van der Waals surface area contributed by atoms with Gasteiger partial charge in [0.05, 0.1) is 17.7 Å². The van der Waals surface area contributed by atoms with Crippen molar-refractivity contribution in [2.45, 2.75) is 78.7 Å². The summed E-state index contributed by atoms with van der Waals surface area (Å²) in [5, 5.41) is 29.1. The number of nitrogens with one attached hydrogen (secondary N) is 2.